The minimum atomic E-state index is -0.0217. The van der Waals surface area contributed by atoms with Crippen LogP contribution in [0.3, 0.4) is 0 Å². The summed E-state index contributed by atoms with van der Waals surface area (Å²) in [5.41, 5.74) is 5.86. The first-order chi connectivity index (χ1) is 6.44. The maximum Gasteiger partial charge on any atom is 0.0637 e. The van der Waals surface area contributed by atoms with Crippen molar-refractivity contribution in [3.8, 4) is 0 Å². The molecule has 3 nitrogen and oxygen atoms in total. The minimum Gasteiger partial charge on any atom is -0.379 e. The van der Waals surface area contributed by atoms with Gasteiger partial charge in [0.05, 0.1) is 5.60 Å². The van der Waals surface area contributed by atoms with E-state index in [1.807, 2.05) is 0 Å². The van der Waals surface area contributed by atoms with Gasteiger partial charge in [0.25, 0.3) is 0 Å². The third-order valence-corrected chi connectivity index (χ3v) is 3.22. The average molecular weight is 200 g/mol. The summed E-state index contributed by atoms with van der Waals surface area (Å²) in [4.78, 5) is 2.46. The van der Waals surface area contributed by atoms with Crippen LogP contribution in [0.15, 0.2) is 0 Å². The highest BCUT2D eigenvalue weighted by atomic mass is 16.5. The molecule has 0 saturated carbocycles. The van der Waals surface area contributed by atoms with E-state index in [1.54, 1.807) is 7.11 Å². The smallest absolute Gasteiger partial charge is 0.0637 e. The van der Waals surface area contributed by atoms with Crippen LogP contribution in [0.1, 0.15) is 33.6 Å². The monoisotopic (exact) mass is 200 g/mol. The van der Waals surface area contributed by atoms with E-state index < -0.39 is 0 Å². The molecule has 84 valence electrons. The second-order valence-corrected chi connectivity index (χ2v) is 5.06. The zero-order chi connectivity index (χ0) is 10.8. The second kappa shape index (κ2) is 4.60. The highest BCUT2D eigenvalue weighted by molar-refractivity contribution is 4.84. The summed E-state index contributed by atoms with van der Waals surface area (Å²) < 4.78 is 5.44. The van der Waals surface area contributed by atoms with Crippen LogP contribution in [0.5, 0.6) is 0 Å². The molecule has 0 spiro atoms. The maximum atomic E-state index is 5.89. The molecule has 0 radical (unpaired) electrons. The lowest BCUT2D eigenvalue weighted by atomic mass is 9.99. The summed E-state index contributed by atoms with van der Waals surface area (Å²) >= 11 is 0. The standard InChI is InChI=1S/C11H24N2O/c1-9(7-11(2,3)14-4)13-6-5-10(12)8-13/h9-10H,5-8,12H2,1-4H3. The van der Waals surface area contributed by atoms with Gasteiger partial charge in [-0.3, -0.25) is 4.90 Å². The van der Waals surface area contributed by atoms with Crippen molar-refractivity contribution in [3.05, 3.63) is 0 Å². The number of methoxy groups -OCH3 is 1. The zero-order valence-corrected chi connectivity index (χ0v) is 9.92. The third kappa shape index (κ3) is 3.23. The molecule has 1 saturated heterocycles. The van der Waals surface area contributed by atoms with E-state index in [9.17, 15) is 0 Å². The Bertz CT molecular complexity index is 182. The molecule has 1 rings (SSSR count). The molecule has 0 aromatic heterocycles. The fourth-order valence-corrected chi connectivity index (χ4v) is 2.14. The van der Waals surface area contributed by atoms with Gasteiger partial charge < -0.3 is 10.5 Å². The fraction of sp³-hybridized carbons (Fsp3) is 1.00. The predicted molar refractivity (Wildman–Crippen MR) is 59.3 cm³/mol. The van der Waals surface area contributed by atoms with Crippen molar-refractivity contribution in [2.24, 2.45) is 5.73 Å². The molecule has 2 unspecified atom stereocenters. The number of nitrogens with zero attached hydrogens (tertiary/aromatic N) is 1. The molecule has 14 heavy (non-hydrogen) atoms. The average Bonchev–Trinajstić information content (AvgIpc) is 2.51. The molecule has 1 aliphatic heterocycles. The number of rotatable bonds is 4. The predicted octanol–water partition coefficient (Wildman–Crippen LogP) is 1.22. The van der Waals surface area contributed by atoms with E-state index in [4.69, 9.17) is 10.5 Å². The Morgan fingerprint density at radius 2 is 2.21 bits per heavy atom. The normalized spacial score (nSPS) is 26.8. The van der Waals surface area contributed by atoms with E-state index in [2.05, 4.69) is 25.7 Å². The summed E-state index contributed by atoms with van der Waals surface area (Å²) in [5, 5.41) is 0. The first-order valence-corrected chi connectivity index (χ1v) is 5.49. The van der Waals surface area contributed by atoms with Crippen LogP contribution in [0.25, 0.3) is 0 Å². The van der Waals surface area contributed by atoms with Crippen molar-refractivity contribution in [2.75, 3.05) is 20.2 Å². The number of ether oxygens (including phenoxy) is 1. The fourth-order valence-electron chi connectivity index (χ4n) is 2.14. The molecular weight excluding hydrogens is 176 g/mol. The van der Waals surface area contributed by atoms with Gasteiger partial charge in [-0.05, 0) is 33.6 Å². The van der Waals surface area contributed by atoms with Gasteiger partial charge in [-0.2, -0.15) is 0 Å². The van der Waals surface area contributed by atoms with E-state index in [0.717, 1.165) is 25.9 Å². The highest BCUT2D eigenvalue weighted by Crippen LogP contribution is 2.21. The molecule has 0 bridgehead atoms. The highest BCUT2D eigenvalue weighted by Gasteiger charge is 2.28. The van der Waals surface area contributed by atoms with E-state index in [0.29, 0.717) is 12.1 Å². The van der Waals surface area contributed by atoms with Crippen molar-refractivity contribution in [1.29, 1.82) is 0 Å². The number of likely N-dealkylation sites (tertiary alicyclic amines) is 1. The van der Waals surface area contributed by atoms with Crippen LogP contribution in [-0.4, -0.2) is 42.8 Å². The molecule has 1 heterocycles. The van der Waals surface area contributed by atoms with Gasteiger partial charge >= 0.3 is 0 Å². The van der Waals surface area contributed by atoms with Gasteiger partial charge in [0.15, 0.2) is 0 Å². The molecule has 0 amide bonds. The van der Waals surface area contributed by atoms with Gasteiger partial charge in [-0.1, -0.05) is 0 Å². The van der Waals surface area contributed by atoms with Gasteiger partial charge in [-0.15, -0.1) is 0 Å². The third-order valence-electron chi connectivity index (χ3n) is 3.22. The van der Waals surface area contributed by atoms with E-state index >= 15 is 0 Å². The van der Waals surface area contributed by atoms with E-state index in [-0.39, 0.29) is 5.60 Å². The van der Waals surface area contributed by atoms with Crippen LogP contribution in [0, 0.1) is 0 Å². The first kappa shape index (κ1) is 12.0. The summed E-state index contributed by atoms with van der Waals surface area (Å²) in [5.74, 6) is 0. The van der Waals surface area contributed by atoms with Crippen molar-refractivity contribution in [2.45, 2.75) is 51.3 Å². The van der Waals surface area contributed by atoms with Crippen molar-refractivity contribution in [3.63, 3.8) is 0 Å². The van der Waals surface area contributed by atoms with Crippen LogP contribution >= 0.6 is 0 Å². The zero-order valence-electron chi connectivity index (χ0n) is 9.92. The molecule has 2 atom stereocenters. The molecular formula is C11H24N2O. The molecule has 1 aliphatic rings. The summed E-state index contributed by atoms with van der Waals surface area (Å²) in [7, 11) is 1.78. The number of nitrogens with two attached hydrogens (primary N) is 1. The van der Waals surface area contributed by atoms with Crippen LogP contribution in [0.4, 0.5) is 0 Å². The van der Waals surface area contributed by atoms with Crippen LogP contribution < -0.4 is 5.73 Å². The topological polar surface area (TPSA) is 38.5 Å². The quantitative estimate of drug-likeness (QED) is 0.741. The van der Waals surface area contributed by atoms with Gasteiger partial charge in [0.1, 0.15) is 0 Å². The summed E-state index contributed by atoms with van der Waals surface area (Å²) in [6.07, 6.45) is 2.20. The molecule has 0 aromatic rings. The Kier molecular flexibility index (Phi) is 3.93. The Labute approximate surface area is 87.6 Å². The lowest BCUT2D eigenvalue weighted by Crippen LogP contribution is -2.39. The number of hydrogen-bond acceptors (Lipinski definition) is 3. The van der Waals surface area contributed by atoms with Gasteiger partial charge in [0.2, 0.25) is 0 Å². The second-order valence-electron chi connectivity index (χ2n) is 5.06. The van der Waals surface area contributed by atoms with Crippen molar-refractivity contribution < 1.29 is 4.74 Å². The maximum absolute atomic E-state index is 5.89. The number of hydrogen-bond donors (Lipinski definition) is 1. The van der Waals surface area contributed by atoms with Crippen molar-refractivity contribution >= 4 is 0 Å². The summed E-state index contributed by atoms with van der Waals surface area (Å²) in [6, 6.07) is 0.946. The summed E-state index contributed by atoms with van der Waals surface area (Å²) in [6.45, 7) is 8.72. The lowest BCUT2D eigenvalue weighted by Gasteiger charge is -2.31. The first-order valence-electron chi connectivity index (χ1n) is 5.49. The van der Waals surface area contributed by atoms with E-state index in [1.165, 1.54) is 0 Å². The molecule has 0 aliphatic carbocycles. The SMILES string of the molecule is COC(C)(C)CC(C)N1CCC(N)C1. The Hall–Kier alpha value is -0.120. The van der Waals surface area contributed by atoms with Crippen molar-refractivity contribution in [1.82, 2.24) is 4.90 Å². The molecule has 1 fully saturated rings. The molecule has 3 heteroatoms. The Morgan fingerprint density at radius 1 is 1.57 bits per heavy atom. The Balaban J connectivity index is 2.38. The largest absolute Gasteiger partial charge is 0.379 e. The van der Waals surface area contributed by atoms with Crippen LogP contribution in [0.2, 0.25) is 0 Å². The van der Waals surface area contributed by atoms with Crippen LogP contribution in [-0.2, 0) is 4.74 Å². The van der Waals surface area contributed by atoms with Gasteiger partial charge in [-0.25, -0.2) is 0 Å². The Morgan fingerprint density at radius 3 is 2.64 bits per heavy atom. The van der Waals surface area contributed by atoms with Gasteiger partial charge in [0, 0.05) is 32.3 Å². The molecule has 0 aromatic carbocycles. The lowest BCUT2D eigenvalue weighted by molar-refractivity contribution is -0.00350. The minimum absolute atomic E-state index is 0.0217. The molecule has 2 N–H and O–H groups in total.